The summed E-state index contributed by atoms with van der Waals surface area (Å²) < 4.78 is 12.8. The van der Waals surface area contributed by atoms with Crippen molar-refractivity contribution in [1.82, 2.24) is 4.68 Å². The smallest absolute Gasteiger partial charge is 0.270 e. The van der Waals surface area contributed by atoms with Gasteiger partial charge in [-0.2, -0.15) is 0 Å². The topological polar surface area (TPSA) is 81.6 Å². The van der Waals surface area contributed by atoms with Crippen LogP contribution in [0.1, 0.15) is 34.2 Å². The van der Waals surface area contributed by atoms with Crippen molar-refractivity contribution < 1.29 is 19.1 Å². The van der Waals surface area contributed by atoms with E-state index < -0.39 is 6.10 Å². The molecule has 162 valence electrons. The molecule has 0 radical (unpaired) electrons. The predicted octanol–water partition coefficient (Wildman–Crippen LogP) is 4.21. The lowest BCUT2D eigenvalue weighted by Crippen LogP contribution is -2.30. The molecule has 0 aliphatic carbocycles. The minimum atomic E-state index is -0.741. The van der Waals surface area contributed by atoms with Gasteiger partial charge in [-0.05, 0) is 81.8 Å². The zero-order valence-corrected chi connectivity index (χ0v) is 18.4. The Kier molecular flexibility index (Phi) is 6.65. The molecule has 7 nitrogen and oxygen atoms in total. The van der Waals surface area contributed by atoms with Crippen LogP contribution in [0.15, 0.2) is 54.6 Å². The van der Waals surface area contributed by atoms with Gasteiger partial charge in [-0.1, -0.05) is 6.07 Å². The van der Waals surface area contributed by atoms with E-state index in [-0.39, 0.29) is 11.8 Å². The Balaban J connectivity index is 1.62. The van der Waals surface area contributed by atoms with Crippen LogP contribution in [-0.2, 0) is 4.79 Å². The Labute approximate surface area is 182 Å². The zero-order valence-electron chi connectivity index (χ0n) is 18.4. The number of hydrogen-bond donors (Lipinski definition) is 2. The third-order valence-corrected chi connectivity index (χ3v) is 4.90. The fourth-order valence-corrected chi connectivity index (χ4v) is 3.11. The number of anilines is 1. The molecule has 7 heteroatoms. The average molecular weight is 421 g/mol. The molecule has 0 saturated heterocycles. The number of ether oxygens (including phenoxy) is 2. The quantitative estimate of drug-likeness (QED) is 0.599. The van der Waals surface area contributed by atoms with Crippen LogP contribution in [0.3, 0.4) is 0 Å². The molecule has 0 fully saturated rings. The van der Waals surface area contributed by atoms with Gasteiger partial charge in [0.1, 0.15) is 11.5 Å². The molecule has 1 atom stereocenters. The number of carbonyl (C=O) groups excluding carboxylic acids is 2. The maximum Gasteiger partial charge on any atom is 0.270 e. The molecule has 31 heavy (non-hydrogen) atoms. The number of nitrogens with one attached hydrogen (secondary N) is 2. The van der Waals surface area contributed by atoms with Gasteiger partial charge in [0.25, 0.3) is 11.8 Å². The summed E-state index contributed by atoms with van der Waals surface area (Å²) in [6.07, 6.45) is -0.741. The molecule has 0 bridgehead atoms. The lowest BCUT2D eigenvalue weighted by atomic mass is 10.2. The summed E-state index contributed by atoms with van der Waals surface area (Å²) in [5.74, 6) is 0.536. The molecular formula is C24H27N3O4. The number of nitrogens with zero attached hydrogens (tertiary/aromatic N) is 1. The van der Waals surface area contributed by atoms with Crippen molar-refractivity contribution in [2.75, 3.05) is 17.9 Å². The summed E-state index contributed by atoms with van der Waals surface area (Å²) in [4.78, 5) is 25.1. The molecule has 2 N–H and O–H groups in total. The second kappa shape index (κ2) is 9.38. The van der Waals surface area contributed by atoms with Crippen LogP contribution in [0.5, 0.6) is 11.5 Å². The summed E-state index contributed by atoms with van der Waals surface area (Å²) >= 11 is 0. The average Bonchev–Trinajstić information content (AvgIpc) is 3.06. The first-order valence-corrected chi connectivity index (χ1v) is 9.97. The highest BCUT2D eigenvalue weighted by Crippen LogP contribution is 2.25. The molecule has 1 unspecified atom stereocenters. The normalized spacial score (nSPS) is 11.5. The first-order valence-electron chi connectivity index (χ1n) is 9.97. The van der Waals surface area contributed by atoms with E-state index in [1.165, 1.54) is 0 Å². The number of hydrogen-bond acceptors (Lipinski definition) is 4. The SMILES string of the molecule is COc1ccc(C)cc1NC(=O)C(C)Oc1ccc(C(=O)Nn2c(C)ccc2C)cc1. The summed E-state index contributed by atoms with van der Waals surface area (Å²) in [5.41, 5.74) is 6.82. The highest BCUT2D eigenvalue weighted by molar-refractivity contribution is 6.00. The number of carbonyl (C=O) groups is 2. The van der Waals surface area contributed by atoms with E-state index in [2.05, 4.69) is 10.7 Å². The van der Waals surface area contributed by atoms with E-state index in [9.17, 15) is 9.59 Å². The van der Waals surface area contributed by atoms with Crippen LogP contribution >= 0.6 is 0 Å². The van der Waals surface area contributed by atoms with Crippen molar-refractivity contribution in [3.63, 3.8) is 0 Å². The van der Waals surface area contributed by atoms with Crippen molar-refractivity contribution in [2.24, 2.45) is 0 Å². The number of methoxy groups -OCH3 is 1. The molecule has 2 aromatic carbocycles. The van der Waals surface area contributed by atoms with Crippen LogP contribution in [0.4, 0.5) is 5.69 Å². The van der Waals surface area contributed by atoms with E-state index in [1.54, 1.807) is 49.0 Å². The van der Waals surface area contributed by atoms with Gasteiger partial charge >= 0.3 is 0 Å². The number of rotatable bonds is 7. The summed E-state index contributed by atoms with van der Waals surface area (Å²) in [6, 6.07) is 16.1. The van der Waals surface area contributed by atoms with Crippen LogP contribution in [0.25, 0.3) is 0 Å². The van der Waals surface area contributed by atoms with Gasteiger partial charge in [-0.25, -0.2) is 0 Å². The minimum Gasteiger partial charge on any atom is -0.495 e. The lowest BCUT2D eigenvalue weighted by Gasteiger charge is -2.17. The Hall–Kier alpha value is -3.74. The molecule has 0 spiro atoms. The van der Waals surface area contributed by atoms with E-state index in [0.29, 0.717) is 22.7 Å². The summed E-state index contributed by atoms with van der Waals surface area (Å²) in [6.45, 7) is 7.44. The lowest BCUT2D eigenvalue weighted by molar-refractivity contribution is -0.122. The Morgan fingerprint density at radius 3 is 2.19 bits per heavy atom. The number of aryl methyl sites for hydroxylation is 3. The highest BCUT2D eigenvalue weighted by Gasteiger charge is 2.17. The molecule has 1 aromatic heterocycles. The van der Waals surface area contributed by atoms with Crippen molar-refractivity contribution >= 4 is 17.5 Å². The monoisotopic (exact) mass is 421 g/mol. The van der Waals surface area contributed by atoms with E-state index >= 15 is 0 Å². The molecule has 3 rings (SSSR count). The molecule has 3 aromatic rings. The molecule has 0 saturated carbocycles. The predicted molar refractivity (Wildman–Crippen MR) is 120 cm³/mol. The molecular weight excluding hydrogens is 394 g/mol. The molecule has 2 amide bonds. The molecule has 0 aliphatic rings. The Morgan fingerprint density at radius 1 is 0.935 bits per heavy atom. The Morgan fingerprint density at radius 2 is 1.58 bits per heavy atom. The Bertz CT molecular complexity index is 1070. The molecule has 1 heterocycles. The third-order valence-electron chi connectivity index (χ3n) is 4.90. The van der Waals surface area contributed by atoms with Crippen molar-refractivity contribution in [3.8, 4) is 11.5 Å². The van der Waals surface area contributed by atoms with Crippen LogP contribution in [0.2, 0.25) is 0 Å². The van der Waals surface area contributed by atoms with Crippen molar-refractivity contribution in [3.05, 3.63) is 77.1 Å². The fraction of sp³-hybridized carbons (Fsp3) is 0.250. The van der Waals surface area contributed by atoms with Gasteiger partial charge in [0, 0.05) is 17.0 Å². The van der Waals surface area contributed by atoms with Gasteiger partial charge < -0.3 is 14.8 Å². The zero-order chi connectivity index (χ0) is 22.5. The summed E-state index contributed by atoms with van der Waals surface area (Å²) in [7, 11) is 1.55. The molecule has 0 aliphatic heterocycles. The maximum atomic E-state index is 12.6. The van der Waals surface area contributed by atoms with E-state index in [0.717, 1.165) is 17.0 Å². The largest absolute Gasteiger partial charge is 0.495 e. The van der Waals surface area contributed by atoms with Gasteiger partial charge in [0.15, 0.2) is 6.10 Å². The second-order valence-electron chi connectivity index (χ2n) is 7.37. The first kappa shape index (κ1) is 22.0. The standard InChI is InChI=1S/C24H27N3O4/c1-15-6-13-22(30-5)21(14-15)25-23(28)18(4)31-20-11-9-19(10-12-20)24(29)26-27-16(2)7-8-17(27)3/h6-14,18H,1-5H3,(H,25,28)(H,26,29). The number of aromatic nitrogens is 1. The highest BCUT2D eigenvalue weighted by atomic mass is 16.5. The van der Waals surface area contributed by atoms with Gasteiger partial charge in [0.05, 0.1) is 12.8 Å². The van der Waals surface area contributed by atoms with Crippen molar-refractivity contribution in [2.45, 2.75) is 33.8 Å². The van der Waals surface area contributed by atoms with Crippen molar-refractivity contribution in [1.29, 1.82) is 0 Å². The van der Waals surface area contributed by atoms with Crippen LogP contribution in [0, 0.1) is 20.8 Å². The third kappa shape index (κ3) is 5.25. The van der Waals surface area contributed by atoms with Gasteiger partial charge in [-0.3, -0.25) is 19.7 Å². The fourth-order valence-electron chi connectivity index (χ4n) is 3.11. The maximum absolute atomic E-state index is 12.6. The number of amides is 2. The second-order valence-corrected chi connectivity index (χ2v) is 7.37. The van der Waals surface area contributed by atoms with Gasteiger partial charge in [-0.15, -0.1) is 0 Å². The summed E-state index contributed by atoms with van der Waals surface area (Å²) in [5, 5.41) is 2.83. The van der Waals surface area contributed by atoms with Crippen LogP contribution in [-0.4, -0.2) is 29.7 Å². The first-order chi connectivity index (χ1) is 14.8. The van der Waals surface area contributed by atoms with Gasteiger partial charge in [0.2, 0.25) is 0 Å². The minimum absolute atomic E-state index is 0.230. The van der Waals surface area contributed by atoms with E-state index in [4.69, 9.17) is 9.47 Å². The van der Waals surface area contributed by atoms with E-state index in [1.807, 2.05) is 45.0 Å². The van der Waals surface area contributed by atoms with Crippen LogP contribution < -0.4 is 20.2 Å². The number of benzene rings is 2.